The molecule has 0 saturated carbocycles. The number of carbonyl (C=O) groups excluding carboxylic acids is 1. The summed E-state index contributed by atoms with van der Waals surface area (Å²) in [5.41, 5.74) is 2.86. The molecule has 0 spiro atoms. The van der Waals surface area contributed by atoms with Crippen molar-refractivity contribution in [2.75, 3.05) is 5.32 Å². The van der Waals surface area contributed by atoms with Gasteiger partial charge in [0.2, 0.25) is 5.82 Å². The van der Waals surface area contributed by atoms with Crippen molar-refractivity contribution >= 4 is 44.7 Å². The number of rotatable bonds is 3. The highest BCUT2D eigenvalue weighted by Crippen LogP contribution is 2.32. The van der Waals surface area contributed by atoms with Crippen LogP contribution in [0.15, 0.2) is 17.6 Å². The average molecular weight is 322 g/mol. The fraction of sp³-hybridized carbons (Fsp3) is 0.231. The molecule has 21 heavy (non-hydrogen) atoms. The second kappa shape index (κ2) is 5.42. The Hall–Kier alpha value is -1.99. The van der Waals surface area contributed by atoms with Crippen LogP contribution in [0.5, 0.6) is 0 Å². The molecule has 0 aliphatic heterocycles. The van der Waals surface area contributed by atoms with Crippen LogP contribution >= 0.6 is 22.9 Å². The normalized spacial score (nSPS) is 11.2. The van der Waals surface area contributed by atoms with Crippen LogP contribution in [0, 0.1) is 0 Å². The molecule has 0 atom stereocenters. The number of aromatic amines is 1. The van der Waals surface area contributed by atoms with Crippen molar-refractivity contribution in [1.82, 2.24) is 20.2 Å². The molecule has 0 radical (unpaired) electrons. The fourth-order valence-electron chi connectivity index (χ4n) is 1.83. The van der Waals surface area contributed by atoms with Gasteiger partial charge in [-0.05, 0) is 12.1 Å². The van der Waals surface area contributed by atoms with E-state index in [0.717, 1.165) is 4.70 Å². The molecule has 6 nitrogen and oxygen atoms in total. The number of nitrogens with one attached hydrogen (secondary N) is 2. The molecule has 0 bridgehead atoms. The number of benzene rings is 1. The molecule has 8 heteroatoms. The topological polar surface area (TPSA) is 83.6 Å². The number of halogens is 1. The van der Waals surface area contributed by atoms with E-state index in [-0.39, 0.29) is 11.7 Å². The third kappa shape index (κ3) is 2.62. The summed E-state index contributed by atoms with van der Waals surface area (Å²) in [6.45, 7) is 3.93. The summed E-state index contributed by atoms with van der Waals surface area (Å²) in [7, 11) is 0. The van der Waals surface area contributed by atoms with Crippen molar-refractivity contribution in [2.45, 2.75) is 19.8 Å². The van der Waals surface area contributed by atoms with E-state index >= 15 is 0 Å². The summed E-state index contributed by atoms with van der Waals surface area (Å²) in [6.07, 6.45) is 0. The molecule has 0 aliphatic carbocycles. The Morgan fingerprint density at radius 3 is 2.95 bits per heavy atom. The average Bonchev–Trinajstić information content (AvgIpc) is 3.09. The standard InChI is InChI=1S/C13H12ClN5OS/c1-6(2)11-17-12(19-18-11)13(20)16-9-7(14)3-4-8-10(9)15-5-21-8/h3-6H,1-2H3,(H,16,20)(H,17,18,19). The Labute approximate surface area is 129 Å². The van der Waals surface area contributed by atoms with E-state index in [1.807, 2.05) is 19.9 Å². The van der Waals surface area contributed by atoms with Crippen molar-refractivity contribution in [2.24, 2.45) is 0 Å². The zero-order valence-electron chi connectivity index (χ0n) is 11.3. The third-order valence-corrected chi connectivity index (χ3v) is 4.05. The molecule has 1 amide bonds. The first kappa shape index (κ1) is 14.0. The highest BCUT2D eigenvalue weighted by molar-refractivity contribution is 7.16. The van der Waals surface area contributed by atoms with Gasteiger partial charge in [0.25, 0.3) is 5.91 Å². The summed E-state index contributed by atoms with van der Waals surface area (Å²) in [5, 5.41) is 9.84. The number of fused-ring (bicyclic) bond motifs is 1. The Kier molecular flexibility index (Phi) is 3.60. The summed E-state index contributed by atoms with van der Waals surface area (Å²) >= 11 is 7.63. The second-order valence-electron chi connectivity index (χ2n) is 4.77. The Balaban J connectivity index is 1.92. The number of H-pyrrole nitrogens is 1. The molecular formula is C13H12ClN5OS. The van der Waals surface area contributed by atoms with Crippen LogP contribution < -0.4 is 5.32 Å². The first-order valence-electron chi connectivity index (χ1n) is 6.31. The van der Waals surface area contributed by atoms with Crippen LogP contribution in [-0.2, 0) is 0 Å². The van der Waals surface area contributed by atoms with Gasteiger partial charge in [-0.2, -0.15) is 0 Å². The minimum Gasteiger partial charge on any atom is -0.316 e. The van der Waals surface area contributed by atoms with Gasteiger partial charge in [0.05, 0.1) is 20.9 Å². The van der Waals surface area contributed by atoms with Crippen LogP contribution in [0.25, 0.3) is 10.2 Å². The Bertz CT molecular complexity index is 810. The molecule has 0 fully saturated rings. The van der Waals surface area contributed by atoms with Gasteiger partial charge < -0.3 is 5.32 Å². The number of anilines is 1. The number of carbonyl (C=O) groups is 1. The summed E-state index contributed by atoms with van der Waals surface area (Å²) in [6, 6.07) is 3.60. The molecule has 2 N–H and O–H groups in total. The van der Waals surface area contributed by atoms with Gasteiger partial charge in [0, 0.05) is 5.92 Å². The smallest absolute Gasteiger partial charge is 0.295 e. The predicted octanol–water partition coefficient (Wildman–Crippen LogP) is 3.44. The molecule has 0 saturated heterocycles. The zero-order chi connectivity index (χ0) is 15.0. The predicted molar refractivity (Wildman–Crippen MR) is 83.1 cm³/mol. The lowest BCUT2D eigenvalue weighted by molar-refractivity contribution is 0.101. The van der Waals surface area contributed by atoms with Crippen molar-refractivity contribution in [3.8, 4) is 0 Å². The van der Waals surface area contributed by atoms with E-state index in [2.05, 4.69) is 25.5 Å². The summed E-state index contributed by atoms with van der Waals surface area (Å²) in [5.74, 6) is 0.505. The highest BCUT2D eigenvalue weighted by Gasteiger charge is 2.17. The largest absolute Gasteiger partial charge is 0.316 e. The maximum absolute atomic E-state index is 12.2. The monoisotopic (exact) mass is 321 g/mol. The molecule has 0 unspecified atom stereocenters. The fourth-order valence-corrected chi connectivity index (χ4v) is 2.71. The van der Waals surface area contributed by atoms with E-state index in [9.17, 15) is 4.79 Å². The van der Waals surface area contributed by atoms with Gasteiger partial charge in [0.15, 0.2) is 0 Å². The van der Waals surface area contributed by atoms with Crippen LogP contribution in [0.4, 0.5) is 5.69 Å². The Morgan fingerprint density at radius 2 is 2.24 bits per heavy atom. The number of hydrogen-bond donors (Lipinski definition) is 2. The van der Waals surface area contributed by atoms with Gasteiger partial charge in [-0.3, -0.25) is 9.89 Å². The van der Waals surface area contributed by atoms with Gasteiger partial charge >= 0.3 is 0 Å². The van der Waals surface area contributed by atoms with Crippen LogP contribution in [0.3, 0.4) is 0 Å². The molecule has 2 heterocycles. The molecule has 1 aromatic carbocycles. The molecule has 108 valence electrons. The lowest BCUT2D eigenvalue weighted by atomic mass is 10.2. The molecular weight excluding hydrogens is 310 g/mol. The lowest BCUT2D eigenvalue weighted by Gasteiger charge is -2.05. The maximum Gasteiger partial charge on any atom is 0.295 e. The maximum atomic E-state index is 12.2. The first-order valence-corrected chi connectivity index (χ1v) is 7.57. The summed E-state index contributed by atoms with van der Waals surface area (Å²) in [4.78, 5) is 20.6. The number of hydrogen-bond acceptors (Lipinski definition) is 5. The Morgan fingerprint density at radius 1 is 1.43 bits per heavy atom. The number of aromatic nitrogens is 4. The van der Waals surface area contributed by atoms with Crippen LogP contribution in [0.1, 0.15) is 36.2 Å². The number of nitrogens with zero attached hydrogens (tertiary/aromatic N) is 3. The summed E-state index contributed by atoms with van der Waals surface area (Å²) < 4.78 is 0.951. The van der Waals surface area contributed by atoms with Crippen molar-refractivity contribution in [3.05, 3.63) is 34.3 Å². The minimum atomic E-state index is -0.416. The van der Waals surface area contributed by atoms with E-state index < -0.39 is 5.91 Å². The second-order valence-corrected chi connectivity index (χ2v) is 6.07. The SMILES string of the molecule is CC(C)c1nc(C(=O)Nc2c(Cl)ccc3scnc23)n[nH]1. The zero-order valence-corrected chi connectivity index (χ0v) is 12.9. The third-order valence-electron chi connectivity index (χ3n) is 2.94. The quantitative estimate of drug-likeness (QED) is 0.774. The van der Waals surface area contributed by atoms with Crippen molar-refractivity contribution < 1.29 is 4.79 Å². The molecule has 2 aromatic heterocycles. The number of thiazole rings is 1. The number of amides is 1. The minimum absolute atomic E-state index is 0.0852. The van der Waals surface area contributed by atoms with Crippen molar-refractivity contribution in [1.29, 1.82) is 0 Å². The van der Waals surface area contributed by atoms with Crippen LogP contribution in [-0.4, -0.2) is 26.1 Å². The van der Waals surface area contributed by atoms with Gasteiger partial charge in [-0.25, -0.2) is 9.97 Å². The van der Waals surface area contributed by atoms with E-state index in [4.69, 9.17) is 11.6 Å². The van der Waals surface area contributed by atoms with Gasteiger partial charge in [-0.15, -0.1) is 16.4 Å². The molecule has 3 rings (SSSR count). The van der Waals surface area contributed by atoms with Gasteiger partial charge in [-0.1, -0.05) is 25.4 Å². The van der Waals surface area contributed by atoms with Crippen molar-refractivity contribution in [3.63, 3.8) is 0 Å². The van der Waals surface area contributed by atoms with E-state index in [1.165, 1.54) is 11.3 Å². The van der Waals surface area contributed by atoms with E-state index in [0.29, 0.717) is 22.1 Å². The lowest BCUT2D eigenvalue weighted by Crippen LogP contribution is -2.14. The molecule has 0 aliphatic rings. The highest BCUT2D eigenvalue weighted by atomic mass is 35.5. The molecule has 3 aromatic rings. The van der Waals surface area contributed by atoms with Crippen LogP contribution in [0.2, 0.25) is 5.02 Å². The van der Waals surface area contributed by atoms with Gasteiger partial charge in [0.1, 0.15) is 11.3 Å². The first-order chi connectivity index (χ1) is 10.1. The van der Waals surface area contributed by atoms with E-state index in [1.54, 1.807) is 11.6 Å².